The minimum atomic E-state index is -0.256. The number of ether oxygens (including phenoxy) is 2. The molecule has 0 aliphatic rings. The van der Waals surface area contributed by atoms with Crippen molar-refractivity contribution in [2.45, 2.75) is 47.3 Å². The van der Waals surface area contributed by atoms with Crippen molar-refractivity contribution in [2.75, 3.05) is 6.61 Å². The summed E-state index contributed by atoms with van der Waals surface area (Å²) in [7, 11) is 0. The fraction of sp³-hybridized carbons (Fsp3) is 0.348. The number of para-hydroxylation sites is 1. The summed E-state index contributed by atoms with van der Waals surface area (Å²) in [6, 6.07) is 13.6. The van der Waals surface area contributed by atoms with Gasteiger partial charge >= 0.3 is 5.97 Å². The van der Waals surface area contributed by atoms with Gasteiger partial charge in [-0.05, 0) is 49.2 Å². The van der Waals surface area contributed by atoms with E-state index in [1.165, 1.54) is 0 Å². The van der Waals surface area contributed by atoms with Crippen LogP contribution in [0.15, 0.2) is 46.9 Å². The van der Waals surface area contributed by atoms with Crippen molar-refractivity contribution in [2.24, 2.45) is 5.73 Å². The average Bonchev–Trinajstić information content (AvgIpc) is 3.13. The van der Waals surface area contributed by atoms with E-state index >= 15 is 0 Å². The van der Waals surface area contributed by atoms with E-state index in [2.05, 4.69) is 0 Å². The first kappa shape index (κ1) is 21.5. The number of carbonyl (C=O) groups excluding carboxylic acids is 1. The molecule has 1 aromatic heterocycles. The fourth-order valence-electron chi connectivity index (χ4n) is 2.96. The van der Waals surface area contributed by atoms with Crippen molar-refractivity contribution in [3.63, 3.8) is 0 Å². The third kappa shape index (κ3) is 5.36. The lowest BCUT2D eigenvalue weighted by atomic mass is 10.1. The predicted octanol–water partition coefficient (Wildman–Crippen LogP) is 4.91. The Morgan fingerprint density at radius 1 is 1.14 bits per heavy atom. The predicted molar refractivity (Wildman–Crippen MR) is 111 cm³/mol. The minimum absolute atomic E-state index is 0.198. The molecular weight excluding hydrogens is 354 g/mol. The van der Waals surface area contributed by atoms with E-state index in [4.69, 9.17) is 19.6 Å². The van der Waals surface area contributed by atoms with Crippen molar-refractivity contribution in [1.29, 1.82) is 0 Å². The molecule has 0 radical (unpaired) electrons. The molecule has 2 aromatic carbocycles. The number of benzene rings is 2. The number of hydrogen-bond donors (Lipinski definition) is 1. The molecule has 2 N–H and O–H groups in total. The Kier molecular flexibility index (Phi) is 8.08. The molecule has 5 heteroatoms. The molecule has 3 rings (SSSR count). The standard InChI is InChI=1S/C21H23NO4.C2H6/c1-3-24-20(23)11-16-6-4-5-7-19(16)25-13-15-8-14(2)21-17(9-15)10-18(12-22)26-21;1-2/h4-10H,3,11-13,22H2,1-2H3;1-2H3. The lowest BCUT2D eigenvalue weighted by molar-refractivity contribution is -0.142. The van der Waals surface area contributed by atoms with Gasteiger partial charge in [0, 0.05) is 10.9 Å². The van der Waals surface area contributed by atoms with Gasteiger partial charge in [0.05, 0.1) is 19.6 Å². The van der Waals surface area contributed by atoms with Crippen LogP contribution in [0.25, 0.3) is 11.0 Å². The van der Waals surface area contributed by atoms with Gasteiger partial charge in [0.1, 0.15) is 23.7 Å². The van der Waals surface area contributed by atoms with Gasteiger partial charge in [-0.3, -0.25) is 4.79 Å². The Balaban J connectivity index is 0.00000136. The molecule has 0 aliphatic carbocycles. The van der Waals surface area contributed by atoms with Gasteiger partial charge in [0.25, 0.3) is 0 Å². The Morgan fingerprint density at radius 3 is 2.61 bits per heavy atom. The van der Waals surface area contributed by atoms with E-state index in [9.17, 15) is 4.79 Å². The number of hydrogen-bond acceptors (Lipinski definition) is 5. The summed E-state index contributed by atoms with van der Waals surface area (Å²) < 4.78 is 16.7. The Hall–Kier alpha value is -2.79. The first-order valence-electron chi connectivity index (χ1n) is 9.69. The maximum atomic E-state index is 11.8. The quantitative estimate of drug-likeness (QED) is 0.587. The van der Waals surface area contributed by atoms with E-state index in [-0.39, 0.29) is 12.4 Å². The van der Waals surface area contributed by atoms with Crippen LogP contribution in [0.4, 0.5) is 0 Å². The van der Waals surface area contributed by atoms with Gasteiger partial charge in [0.2, 0.25) is 0 Å². The molecule has 5 nitrogen and oxygen atoms in total. The van der Waals surface area contributed by atoms with Crippen LogP contribution in [-0.4, -0.2) is 12.6 Å². The third-order valence-electron chi connectivity index (χ3n) is 4.12. The maximum absolute atomic E-state index is 11.8. The Morgan fingerprint density at radius 2 is 1.89 bits per heavy atom. The molecular formula is C23H29NO4. The lowest BCUT2D eigenvalue weighted by Gasteiger charge is -2.12. The summed E-state index contributed by atoms with van der Waals surface area (Å²) in [6.45, 7) is 8.95. The number of carbonyl (C=O) groups is 1. The molecule has 0 spiro atoms. The van der Waals surface area contributed by atoms with Crippen molar-refractivity contribution >= 4 is 16.9 Å². The topological polar surface area (TPSA) is 74.7 Å². The highest BCUT2D eigenvalue weighted by Crippen LogP contribution is 2.26. The van der Waals surface area contributed by atoms with Crippen molar-refractivity contribution < 1.29 is 18.7 Å². The number of rotatable bonds is 7. The van der Waals surface area contributed by atoms with Gasteiger partial charge in [-0.1, -0.05) is 32.0 Å². The summed E-state index contributed by atoms with van der Waals surface area (Å²) in [5.41, 5.74) is 9.41. The number of furan rings is 1. The van der Waals surface area contributed by atoms with Crippen LogP contribution in [0.3, 0.4) is 0 Å². The van der Waals surface area contributed by atoms with E-state index < -0.39 is 0 Å². The number of nitrogens with two attached hydrogens (primary N) is 1. The molecule has 0 atom stereocenters. The molecule has 150 valence electrons. The van der Waals surface area contributed by atoms with E-state index in [1.807, 2.05) is 63.2 Å². The van der Waals surface area contributed by atoms with Crippen LogP contribution in [0.5, 0.6) is 5.75 Å². The van der Waals surface area contributed by atoms with Gasteiger partial charge in [-0.2, -0.15) is 0 Å². The normalized spacial score (nSPS) is 10.3. The zero-order valence-electron chi connectivity index (χ0n) is 17.1. The Bertz CT molecular complexity index is 914. The highest BCUT2D eigenvalue weighted by molar-refractivity contribution is 5.82. The van der Waals surface area contributed by atoms with Crippen LogP contribution < -0.4 is 10.5 Å². The van der Waals surface area contributed by atoms with E-state index in [0.29, 0.717) is 25.5 Å². The smallest absolute Gasteiger partial charge is 0.310 e. The first-order valence-corrected chi connectivity index (χ1v) is 9.69. The summed E-state index contributed by atoms with van der Waals surface area (Å²) in [6.07, 6.45) is 0.198. The zero-order valence-corrected chi connectivity index (χ0v) is 17.1. The largest absolute Gasteiger partial charge is 0.489 e. The van der Waals surface area contributed by atoms with Gasteiger partial charge in [-0.25, -0.2) is 0 Å². The Labute approximate surface area is 166 Å². The fourth-order valence-corrected chi connectivity index (χ4v) is 2.96. The van der Waals surface area contributed by atoms with Crippen LogP contribution in [0.2, 0.25) is 0 Å². The number of fused-ring (bicyclic) bond motifs is 1. The number of aryl methyl sites for hydroxylation is 1. The molecule has 3 aromatic rings. The molecule has 0 fully saturated rings. The van der Waals surface area contributed by atoms with Crippen LogP contribution >= 0.6 is 0 Å². The highest BCUT2D eigenvalue weighted by atomic mass is 16.5. The highest BCUT2D eigenvalue weighted by Gasteiger charge is 2.11. The molecule has 0 saturated carbocycles. The first-order chi connectivity index (χ1) is 13.6. The molecule has 0 unspecified atom stereocenters. The second-order valence-electron chi connectivity index (χ2n) is 6.13. The summed E-state index contributed by atoms with van der Waals surface area (Å²) in [5.74, 6) is 1.20. The van der Waals surface area contributed by atoms with Crippen molar-refractivity contribution in [1.82, 2.24) is 0 Å². The molecule has 0 saturated heterocycles. The maximum Gasteiger partial charge on any atom is 0.310 e. The third-order valence-corrected chi connectivity index (χ3v) is 4.12. The summed E-state index contributed by atoms with van der Waals surface area (Å²) in [4.78, 5) is 11.8. The van der Waals surface area contributed by atoms with Gasteiger partial charge < -0.3 is 19.6 Å². The second-order valence-corrected chi connectivity index (χ2v) is 6.13. The monoisotopic (exact) mass is 383 g/mol. The van der Waals surface area contributed by atoms with Crippen LogP contribution in [0.1, 0.15) is 43.2 Å². The lowest BCUT2D eigenvalue weighted by Crippen LogP contribution is -2.09. The SMILES string of the molecule is CC.CCOC(=O)Cc1ccccc1OCc1cc(C)c2oc(CN)cc2c1. The van der Waals surface area contributed by atoms with Crippen molar-refractivity contribution in [3.05, 3.63) is 64.9 Å². The van der Waals surface area contributed by atoms with Crippen LogP contribution in [0, 0.1) is 6.92 Å². The number of esters is 1. The van der Waals surface area contributed by atoms with Crippen LogP contribution in [-0.2, 0) is 29.1 Å². The minimum Gasteiger partial charge on any atom is -0.489 e. The summed E-state index contributed by atoms with van der Waals surface area (Å²) in [5, 5.41) is 1.02. The van der Waals surface area contributed by atoms with E-state index in [0.717, 1.165) is 33.4 Å². The van der Waals surface area contributed by atoms with Crippen molar-refractivity contribution in [3.8, 4) is 5.75 Å². The van der Waals surface area contributed by atoms with E-state index in [1.54, 1.807) is 6.92 Å². The molecule has 1 heterocycles. The molecule has 0 aliphatic heterocycles. The summed E-state index contributed by atoms with van der Waals surface area (Å²) >= 11 is 0. The molecule has 0 amide bonds. The average molecular weight is 383 g/mol. The molecule has 28 heavy (non-hydrogen) atoms. The van der Waals surface area contributed by atoms with Gasteiger partial charge in [0.15, 0.2) is 0 Å². The zero-order chi connectivity index (χ0) is 20.5. The molecule has 0 bridgehead atoms. The second kappa shape index (κ2) is 10.5. The van der Waals surface area contributed by atoms with Gasteiger partial charge in [-0.15, -0.1) is 0 Å².